The number of carbonyl (C=O) groups excluding carboxylic acids is 1. The average Bonchev–Trinajstić information content (AvgIpc) is 2.48. The molecular formula is C16H15BrFNO2. The lowest BCUT2D eigenvalue weighted by Gasteiger charge is -2.10. The van der Waals surface area contributed by atoms with Gasteiger partial charge in [0.05, 0.1) is 12.7 Å². The summed E-state index contributed by atoms with van der Waals surface area (Å²) in [6, 6.07) is 10.3. The van der Waals surface area contributed by atoms with Crippen molar-refractivity contribution >= 4 is 27.6 Å². The molecule has 5 heteroatoms. The van der Waals surface area contributed by atoms with Gasteiger partial charge in [-0.25, -0.2) is 9.18 Å². The molecule has 0 saturated carbocycles. The lowest BCUT2D eigenvalue weighted by Crippen LogP contribution is -2.04. The highest BCUT2D eigenvalue weighted by Gasteiger charge is 2.08. The van der Waals surface area contributed by atoms with Gasteiger partial charge in [-0.2, -0.15) is 0 Å². The fourth-order valence-electron chi connectivity index (χ4n) is 1.84. The van der Waals surface area contributed by atoms with Gasteiger partial charge < -0.3 is 10.1 Å². The number of methoxy groups -OCH3 is 1. The zero-order valence-electron chi connectivity index (χ0n) is 11.7. The van der Waals surface area contributed by atoms with Crippen molar-refractivity contribution in [2.75, 3.05) is 12.4 Å². The van der Waals surface area contributed by atoms with Crippen LogP contribution in [0, 0.1) is 12.7 Å². The number of halogens is 2. The largest absolute Gasteiger partial charge is 0.465 e. The molecule has 110 valence electrons. The predicted molar refractivity (Wildman–Crippen MR) is 83.9 cm³/mol. The van der Waals surface area contributed by atoms with E-state index in [1.165, 1.54) is 13.2 Å². The Morgan fingerprint density at radius 3 is 2.67 bits per heavy atom. The lowest BCUT2D eigenvalue weighted by molar-refractivity contribution is 0.0600. The number of benzene rings is 2. The molecule has 0 bridgehead atoms. The molecule has 2 aromatic carbocycles. The van der Waals surface area contributed by atoms with Gasteiger partial charge >= 0.3 is 5.97 Å². The van der Waals surface area contributed by atoms with Gasteiger partial charge in [0, 0.05) is 16.7 Å². The molecule has 3 nitrogen and oxygen atoms in total. The van der Waals surface area contributed by atoms with Gasteiger partial charge in [0.1, 0.15) is 5.82 Å². The summed E-state index contributed by atoms with van der Waals surface area (Å²) < 4.78 is 18.9. The van der Waals surface area contributed by atoms with Gasteiger partial charge in [0.15, 0.2) is 0 Å². The van der Waals surface area contributed by atoms with E-state index in [1.54, 1.807) is 25.1 Å². The van der Waals surface area contributed by atoms with Crippen LogP contribution in [-0.4, -0.2) is 13.1 Å². The summed E-state index contributed by atoms with van der Waals surface area (Å²) in [5.41, 5.74) is 2.77. The van der Waals surface area contributed by atoms with Crippen LogP contribution in [0.3, 0.4) is 0 Å². The summed E-state index contributed by atoms with van der Waals surface area (Å²) in [4.78, 5) is 11.4. The minimum absolute atomic E-state index is 0.236. The van der Waals surface area contributed by atoms with E-state index in [9.17, 15) is 9.18 Å². The van der Waals surface area contributed by atoms with Crippen molar-refractivity contribution in [2.45, 2.75) is 13.5 Å². The maximum atomic E-state index is 13.5. The summed E-state index contributed by atoms with van der Waals surface area (Å²) in [6.07, 6.45) is 0. The molecule has 0 aliphatic heterocycles. The number of aryl methyl sites for hydroxylation is 1. The van der Waals surface area contributed by atoms with E-state index in [0.717, 1.165) is 10.0 Å². The van der Waals surface area contributed by atoms with Crippen molar-refractivity contribution in [2.24, 2.45) is 0 Å². The van der Waals surface area contributed by atoms with Crippen LogP contribution < -0.4 is 5.32 Å². The number of carbonyl (C=O) groups is 1. The minimum Gasteiger partial charge on any atom is -0.465 e. The summed E-state index contributed by atoms with van der Waals surface area (Å²) in [5, 5.41) is 3.15. The van der Waals surface area contributed by atoms with E-state index in [2.05, 4.69) is 26.0 Å². The van der Waals surface area contributed by atoms with Gasteiger partial charge in [-0.05, 0) is 42.3 Å². The molecule has 1 N–H and O–H groups in total. The molecule has 0 fully saturated rings. The van der Waals surface area contributed by atoms with Crippen LogP contribution in [-0.2, 0) is 11.3 Å². The number of hydrogen-bond acceptors (Lipinski definition) is 3. The number of nitrogens with one attached hydrogen (secondary N) is 1. The van der Waals surface area contributed by atoms with Crippen LogP contribution in [0.25, 0.3) is 0 Å². The fourth-order valence-corrected chi connectivity index (χ4v) is 2.35. The van der Waals surface area contributed by atoms with Crippen molar-refractivity contribution in [1.82, 2.24) is 0 Å². The standard InChI is InChI=1S/C16H15BrFNO2/c1-10-3-6-13(8-15(10)18)19-9-12-5-4-11(7-14(12)17)16(20)21-2/h3-8,19H,9H2,1-2H3. The molecular weight excluding hydrogens is 337 g/mol. The normalized spacial score (nSPS) is 10.3. The van der Waals surface area contributed by atoms with Crippen molar-refractivity contribution < 1.29 is 13.9 Å². The Morgan fingerprint density at radius 2 is 2.05 bits per heavy atom. The SMILES string of the molecule is COC(=O)c1ccc(CNc2ccc(C)c(F)c2)c(Br)c1. The van der Waals surface area contributed by atoms with E-state index in [4.69, 9.17) is 0 Å². The Labute approximate surface area is 131 Å². The maximum absolute atomic E-state index is 13.5. The third-order valence-electron chi connectivity index (χ3n) is 3.13. The highest BCUT2D eigenvalue weighted by molar-refractivity contribution is 9.10. The van der Waals surface area contributed by atoms with Crippen LogP contribution >= 0.6 is 15.9 Å². The Balaban J connectivity index is 2.09. The Kier molecular flexibility index (Phi) is 4.96. The van der Waals surface area contributed by atoms with Crippen LogP contribution in [0.1, 0.15) is 21.5 Å². The highest BCUT2D eigenvalue weighted by atomic mass is 79.9. The van der Waals surface area contributed by atoms with E-state index in [0.29, 0.717) is 23.4 Å². The first-order chi connectivity index (χ1) is 10.0. The molecule has 21 heavy (non-hydrogen) atoms. The van der Waals surface area contributed by atoms with E-state index >= 15 is 0 Å². The number of hydrogen-bond donors (Lipinski definition) is 1. The molecule has 0 aliphatic rings. The first kappa shape index (κ1) is 15.5. The molecule has 0 unspecified atom stereocenters. The van der Waals surface area contributed by atoms with Crippen molar-refractivity contribution in [1.29, 1.82) is 0 Å². The summed E-state index contributed by atoms with van der Waals surface area (Å²) >= 11 is 3.42. The second-order valence-electron chi connectivity index (χ2n) is 4.62. The zero-order chi connectivity index (χ0) is 15.4. The van der Waals surface area contributed by atoms with Crippen molar-refractivity contribution in [3.05, 3.63) is 63.4 Å². The summed E-state index contributed by atoms with van der Waals surface area (Å²) in [5.74, 6) is -0.615. The molecule has 0 heterocycles. The molecule has 2 aromatic rings. The molecule has 0 spiro atoms. The van der Waals surface area contributed by atoms with E-state index < -0.39 is 0 Å². The fraction of sp³-hybridized carbons (Fsp3) is 0.188. The quantitative estimate of drug-likeness (QED) is 0.834. The second kappa shape index (κ2) is 6.72. The van der Waals surface area contributed by atoms with Gasteiger partial charge in [0.25, 0.3) is 0 Å². The topological polar surface area (TPSA) is 38.3 Å². The van der Waals surface area contributed by atoms with E-state index in [1.807, 2.05) is 12.1 Å². The molecule has 0 aliphatic carbocycles. The van der Waals surface area contributed by atoms with Crippen LogP contribution in [0.5, 0.6) is 0 Å². The molecule has 0 atom stereocenters. The molecule has 0 amide bonds. The predicted octanol–water partition coefficient (Wildman–Crippen LogP) is 4.30. The second-order valence-corrected chi connectivity index (χ2v) is 5.47. The molecule has 0 saturated heterocycles. The number of anilines is 1. The average molecular weight is 352 g/mol. The van der Waals surface area contributed by atoms with Crippen molar-refractivity contribution in [3.63, 3.8) is 0 Å². The van der Waals surface area contributed by atoms with E-state index in [-0.39, 0.29) is 11.8 Å². The molecule has 0 aromatic heterocycles. The summed E-state index contributed by atoms with van der Waals surface area (Å²) in [6.45, 7) is 2.24. The van der Waals surface area contributed by atoms with Crippen LogP contribution in [0.4, 0.5) is 10.1 Å². The molecule has 2 rings (SSSR count). The smallest absolute Gasteiger partial charge is 0.337 e. The maximum Gasteiger partial charge on any atom is 0.337 e. The monoisotopic (exact) mass is 351 g/mol. The first-order valence-corrected chi connectivity index (χ1v) is 7.17. The summed E-state index contributed by atoms with van der Waals surface area (Å²) in [7, 11) is 1.34. The lowest BCUT2D eigenvalue weighted by atomic mass is 10.1. The Bertz CT molecular complexity index is 673. The van der Waals surface area contributed by atoms with Gasteiger partial charge in [-0.15, -0.1) is 0 Å². The van der Waals surface area contributed by atoms with Crippen LogP contribution in [0.2, 0.25) is 0 Å². The third kappa shape index (κ3) is 3.82. The third-order valence-corrected chi connectivity index (χ3v) is 3.87. The van der Waals surface area contributed by atoms with Gasteiger partial charge in [0.2, 0.25) is 0 Å². The molecule has 0 radical (unpaired) electrons. The van der Waals surface area contributed by atoms with Crippen molar-refractivity contribution in [3.8, 4) is 0 Å². The number of rotatable bonds is 4. The highest BCUT2D eigenvalue weighted by Crippen LogP contribution is 2.21. The Hall–Kier alpha value is -1.88. The minimum atomic E-state index is -0.379. The first-order valence-electron chi connectivity index (χ1n) is 6.38. The van der Waals surface area contributed by atoms with Gasteiger partial charge in [-0.1, -0.05) is 28.1 Å². The number of ether oxygens (including phenoxy) is 1. The van der Waals surface area contributed by atoms with Gasteiger partial charge in [-0.3, -0.25) is 0 Å². The van der Waals surface area contributed by atoms with Crippen LogP contribution in [0.15, 0.2) is 40.9 Å². The number of esters is 1. The Morgan fingerprint density at radius 1 is 1.29 bits per heavy atom. The zero-order valence-corrected chi connectivity index (χ0v) is 13.3.